The average Bonchev–Trinajstić information content (AvgIpc) is 3.10. The van der Waals surface area contributed by atoms with Crippen molar-refractivity contribution < 1.29 is 27.9 Å². The summed E-state index contributed by atoms with van der Waals surface area (Å²) in [5, 5.41) is 12.2. The molecule has 0 spiro atoms. The van der Waals surface area contributed by atoms with E-state index in [2.05, 4.69) is 20.2 Å². The predicted octanol–water partition coefficient (Wildman–Crippen LogP) is 8.59. The van der Waals surface area contributed by atoms with Crippen LogP contribution in [-0.4, -0.2) is 42.1 Å². The van der Waals surface area contributed by atoms with Gasteiger partial charge in [-0.1, -0.05) is 18.2 Å². The van der Waals surface area contributed by atoms with Crippen LogP contribution < -0.4 is 16.0 Å². The molecule has 1 aliphatic rings. The molecule has 0 atom stereocenters. The summed E-state index contributed by atoms with van der Waals surface area (Å²) in [5.74, 6) is -0.417. The van der Waals surface area contributed by atoms with Crippen LogP contribution >= 0.6 is 11.8 Å². The van der Waals surface area contributed by atoms with E-state index < -0.39 is 17.7 Å². The van der Waals surface area contributed by atoms with Crippen LogP contribution in [0.1, 0.15) is 63.1 Å². The SMILES string of the molecule is NC(CC=Nc1cccc(C(F)(F)F)c1)=NCc1cc(N2CCCCC2)ccc1NC(=O)c1cccc(CSc2ccc(C(=O)O)cc2)c1. The highest BCUT2D eigenvalue weighted by Crippen LogP contribution is 2.31. The molecule has 0 aliphatic carbocycles. The Morgan fingerprint density at radius 2 is 1.67 bits per heavy atom. The van der Waals surface area contributed by atoms with Crippen LogP contribution in [-0.2, 0) is 18.5 Å². The van der Waals surface area contributed by atoms with Gasteiger partial charge in [-0.2, -0.15) is 13.2 Å². The first-order chi connectivity index (χ1) is 23.5. The summed E-state index contributed by atoms with van der Waals surface area (Å²) in [6.45, 7) is 2.06. The molecule has 0 aromatic heterocycles. The number of benzene rings is 4. The van der Waals surface area contributed by atoms with E-state index >= 15 is 0 Å². The first kappa shape index (κ1) is 35.2. The molecule has 254 valence electrons. The van der Waals surface area contributed by atoms with E-state index in [1.165, 1.54) is 24.8 Å². The molecule has 0 unspecified atom stereocenters. The van der Waals surface area contributed by atoms with E-state index in [0.29, 0.717) is 17.0 Å². The summed E-state index contributed by atoms with van der Waals surface area (Å²) in [6.07, 6.45) is 0.507. The maximum atomic E-state index is 13.4. The van der Waals surface area contributed by atoms with Crippen molar-refractivity contribution in [3.8, 4) is 0 Å². The second kappa shape index (κ2) is 16.3. The molecule has 0 radical (unpaired) electrons. The molecule has 12 heteroatoms. The summed E-state index contributed by atoms with van der Waals surface area (Å²) in [6, 6.07) is 24.6. The number of amidine groups is 1. The zero-order chi connectivity index (χ0) is 34.8. The summed E-state index contributed by atoms with van der Waals surface area (Å²) in [7, 11) is 0. The fraction of sp³-hybridized carbons (Fsp3) is 0.243. The van der Waals surface area contributed by atoms with E-state index in [4.69, 9.17) is 10.8 Å². The number of carbonyl (C=O) groups excluding carboxylic acids is 1. The highest BCUT2D eigenvalue weighted by atomic mass is 32.2. The van der Waals surface area contributed by atoms with Gasteiger partial charge in [0.05, 0.1) is 29.2 Å². The third-order valence-electron chi connectivity index (χ3n) is 7.92. The Morgan fingerprint density at radius 3 is 2.41 bits per heavy atom. The van der Waals surface area contributed by atoms with E-state index in [1.54, 1.807) is 42.1 Å². The van der Waals surface area contributed by atoms with Crippen molar-refractivity contribution in [1.82, 2.24) is 0 Å². The zero-order valence-corrected chi connectivity index (χ0v) is 27.4. The lowest BCUT2D eigenvalue weighted by Crippen LogP contribution is -2.29. The number of carboxylic acids is 1. The van der Waals surface area contributed by atoms with Crippen molar-refractivity contribution >= 4 is 52.8 Å². The van der Waals surface area contributed by atoms with E-state index in [1.807, 2.05) is 36.4 Å². The van der Waals surface area contributed by atoms with Gasteiger partial charge in [-0.15, -0.1) is 11.8 Å². The van der Waals surface area contributed by atoms with Gasteiger partial charge < -0.3 is 21.1 Å². The third-order valence-corrected chi connectivity index (χ3v) is 9.00. The lowest BCUT2D eigenvalue weighted by molar-refractivity contribution is -0.137. The number of aliphatic imine (C=N–C) groups is 2. The molecule has 1 aliphatic heterocycles. The highest BCUT2D eigenvalue weighted by Gasteiger charge is 2.30. The van der Waals surface area contributed by atoms with Gasteiger partial charge >= 0.3 is 12.1 Å². The Morgan fingerprint density at radius 1 is 0.918 bits per heavy atom. The predicted molar refractivity (Wildman–Crippen MR) is 189 cm³/mol. The average molecular weight is 688 g/mol. The van der Waals surface area contributed by atoms with E-state index in [9.17, 15) is 22.8 Å². The summed E-state index contributed by atoms with van der Waals surface area (Å²) < 4.78 is 39.1. The van der Waals surface area contributed by atoms with Crippen LogP contribution in [0.15, 0.2) is 106 Å². The summed E-state index contributed by atoms with van der Waals surface area (Å²) in [5.41, 5.74) is 9.60. The van der Waals surface area contributed by atoms with Crippen molar-refractivity contribution in [2.24, 2.45) is 15.7 Å². The van der Waals surface area contributed by atoms with Gasteiger partial charge in [0.25, 0.3) is 5.91 Å². The maximum Gasteiger partial charge on any atom is 0.416 e. The minimum absolute atomic E-state index is 0.137. The lowest BCUT2D eigenvalue weighted by atomic mass is 10.1. The molecule has 1 heterocycles. The van der Waals surface area contributed by atoms with Crippen LogP contribution in [0, 0.1) is 0 Å². The number of nitrogens with two attached hydrogens (primary N) is 1. The molecule has 5 rings (SSSR count). The first-order valence-electron chi connectivity index (χ1n) is 15.8. The van der Waals surface area contributed by atoms with Crippen LogP contribution in [0.3, 0.4) is 0 Å². The largest absolute Gasteiger partial charge is 0.478 e. The number of hydrogen-bond acceptors (Lipinski definition) is 6. The Bertz CT molecular complexity index is 1840. The van der Waals surface area contributed by atoms with Crippen molar-refractivity contribution in [3.05, 3.63) is 119 Å². The first-order valence-corrected chi connectivity index (χ1v) is 16.8. The van der Waals surface area contributed by atoms with Crippen LogP contribution in [0.5, 0.6) is 0 Å². The fourth-order valence-corrected chi connectivity index (χ4v) is 6.14. The number of thioether (sulfide) groups is 1. The molecule has 4 aromatic rings. The highest BCUT2D eigenvalue weighted by molar-refractivity contribution is 7.98. The van der Waals surface area contributed by atoms with Crippen LogP contribution in [0.4, 0.5) is 30.2 Å². The number of nitrogens with one attached hydrogen (secondary N) is 1. The van der Waals surface area contributed by atoms with Gasteiger partial charge in [0, 0.05) is 53.3 Å². The number of hydrogen-bond donors (Lipinski definition) is 3. The molecule has 1 fully saturated rings. The minimum Gasteiger partial charge on any atom is -0.478 e. The molecule has 1 saturated heterocycles. The third kappa shape index (κ3) is 10.2. The number of halogens is 3. The fourth-order valence-electron chi connectivity index (χ4n) is 5.30. The molecule has 0 saturated carbocycles. The molecule has 49 heavy (non-hydrogen) atoms. The number of rotatable bonds is 12. The number of aromatic carboxylic acids is 1. The standard InChI is InChI=1S/C37H36F3N5O3S/c38-37(39,40)29-8-5-9-30(22-29)42-17-16-34(41)43-23-28-21-31(45-18-2-1-3-19-45)12-15-33(28)44-35(46)27-7-4-6-25(20-27)24-49-32-13-10-26(11-14-32)36(47)48/h4-15,17,20-22H,1-3,16,18-19,23-24H2,(H2,41,43)(H,44,46)(H,47,48). The Kier molecular flexibility index (Phi) is 11.7. The van der Waals surface area contributed by atoms with Crippen molar-refractivity contribution in [2.75, 3.05) is 23.3 Å². The smallest absolute Gasteiger partial charge is 0.416 e. The molecule has 4 aromatic carbocycles. The monoisotopic (exact) mass is 687 g/mol. The Hall–Kier alpha value is -5.10. The van der Waals surface area contributed by atoms with E-state index in [0.717, 1.165) is 59.8 Å². The Balaban J connectivity index is 1.28. The normalized spacial score (nSPS) is 13.9. The molecule has 1 amide bonds. The second-order valence-corrected chi connectivity index (χ2v) is 12.6. The minimum atomic E-state index is -4.46. The number of anilines is 2. The number of piperidine rings is 1. The molecular formula is C37H36F3N5O3S. The number of carbonyl (C=O) groups is 2. The molecule has 0 bridgehead atoms. The molecular weight excluding hydrogens is 652 g/mol. The van der Waals surface area contributed by atoms with Crippen molar-refractivity contribution in [3.63, 3.8) is 0 Å². The van der Waals surface area contributed by atoms with Crippen LogP contribution in [0.2, 0.25) is 0 Å². The zero-order valence-electron chi connectivity index (χ0n) is 26.6. The quantitative estimate of drug-likeness (QED) is 0.0780. The van der Waals surface area contributed by atoms with Gasteiger partial charge in [0.2, 0.25) is 0 Å². The number of nitrogens with zero attached hydrogens (tertiary/aromatic N) is 3. The van der Waals surface area contributed by atoms with Gasteiger partial charge in [0.1, 0.15) is 0 Å². The van der Waals surface area contributed by atoms with Crippen LogP contribution in [0.25, 0.3) is 0 Å². The van der Waals surface area contributed by atoms with Crippen molar-refractivity contribution in [1.29, 1.82) is 0 Å². The molecule has 8 nitrogen and oxygen atoms in total. The molecule has 4 N–H and O–H groups in total. The van der Waals surface area contributed by atoms with Gasteiger partial charge in [-0.05, 0) is 103 Å². The maximum absolute atomic E-state index is 13.4. The van der Waals surface area contributed by atoms with Gasteiger partial charge in [-0.3, -0.25) is 14.8 Å². The number of carboxylic acid groups (broad SMARTS) is 1. The summed E-state index contributed by atoms with van der Waals surface area (Å²) >= 11 is 1.54. The Labute approximate surface area is 287 Å². The van der Waals surface area contributed by atoms with Crippen molar-refractivity contribution in [2.45, 2.75) is 49.1 Å². The second-order valence-electron chi connectivity index (χ2n) is 11.5. The summed E-state index contributed by atoms with van der Waals surface area (Å²) in [4.78, 5) is 36.4. The van der Waals surface area contributed by atoms with E-state index in [-0.39, 0.29) is 36.0 Å². The number of alkyl halides is 3. The van der Waals surface area contributed by atoms with Gasteiger partial charge in [-0.25, -0.2) is 4.79 Å². The topological polar surface area (TPSA) is 120 Å². The van der Waals surface area contributed by atoms with Gasteiger partial charge in [0.15, 0.2) is 0 Å². The number of amides is 1. The lowest BCUT2D eigenvalue weighted by Gasteiger charge is -2.29.